The Kier molecular flexibility index (Phi) is 9.13. The zero-order valence-electron chi connectivity index (χ0n) is 22.4. The van der Waals surface area contributed by atoms with Crippen molar-refractivity contribution in [1.82, 2.24) is 0 Å². The molecule has 0 fully saturated rings. The summed E-state index contributed by atoms with van der Waals surface area (Å²) in [7, 11) is -3.43. The highest BCUT2D eigenvalue weighted by molar-refractivity contribution is 7.92. The molecule has 36 heavy (non-hydrogen) atoms. The molecule has 0 radical (unpaired) electrons. The van der Waals surface area contributed by atoms with Crippen molar-refractivity contribution in [3.63, 3.8) is 0 Å². The normalized spacial score (nSPS) is 20.7. The predicted molar refractivity (Wildman–Crippen MR) is 152 cm³/mol. The molecule has 4 nitrogen and oxygen atoms in total. The fourth-order valence-corrected chi connectivity index (χ4v) is 5.13. The highest BCUT2D eigenvalue weighted by Gasteiger charge is 2.24. The highest BCUT2D eigenvalue weighted by Crippen LogP contribution is 2.42. The van der Waals surface area contributed by atoms with E-state index in [0.717, 1.165) is 52.7 Å². The molecule has 0 aliphatic heterocycles. The van der Waals surface area contributed by atoms with Crippen LogP contribution >= 0.6 is 0 Å². The molecular formula is C31H39NO3S. The van der Waals surface area contributed by atoms with Crippen molar-refractivity contribution in [2.24, 2.45) is 11.8 Å². The first kappa shape index (κ1) is 27.7. The molecule has 0 saturated carbocycles. The van der Waals surface area contributed by atoms with Gasteiger partial charge in [-0.15, -0.1) is 0 Å². The number of anilines is 1. The van der Waals surface area contributed by atoms with Crippen LogP contribution in [0.3, 0.4) is 0 Å². The van der Waals surface area contributed by atoms with E-state index in [1.54, 1.807) is 19.9 Å². The van der Waals surface area contributed by atoms with Gasteiger partial charge in [0.15, 0.2) is 5.78 Å². The van der Waals surface area contributed by atoms with Crippen LogP contribution in [0.2, 0.25) is 0 Å². The molecule has 0 saturated heterocycles. The molecule has 2 aromatic rings. The minimum Gasteiger partial charge on any atom is -0.295 e. The zero-order valence-corrected chi connectivity index (χ0v) is 23.2. The molecule has 2 unspecified atom stereocenters. The average Bonchev–Trinajstić information content (AvgIpc) is 2.84. The van der Waals surface area contributed by atoms with E-state index in [1.165, 1.54) is 5.56 Å². The van der Waals surface area contributed by atoms with Crippen LogP contribution in [0, 0.1) is 18.8 Å². The first-order chi connectivity index (χ1) is 17.1. The number of fused-ring (bicyclic) bond motifs is 1. The smallest absolute Gasteiger partial charge is 0.232 e. The van der Waals surface area contributed by atoms with E-state index in [1.807, 2.05) is 18.2 Å². The number of hydrogen-bond acceptors (Lipinski definition) is 3. The topological polar surface area (TPSA) is 63.2 Å². The standard InChI is InChI=1S/C31H39NO3S/c1-7-21(4)16-29-26(17-23(6)33)18-24(8-2)19-30(25-12-10-22(5)11-13-25)28-15-14-27(20-31(28)29)32-36(34,35)9-3/h10-17,19-21,24,32H,7-9,18H2,1-6H3/b26-17-,29-16+,30-19-. The minimum atomic E-state index is -3.43. The quantitative estimate of drug-likeness (QED) is 0.376. The van der Waals surface area contributed by atoms with Gasteiger partial charge in [0.05, 0.1) is 5.75 Å². The second-order valence-electron chi connectivity index (χ2n) is 9.83. The molecule has 1 aliphatic carbocycles. The first-order valence-electron chi connectivity index (χ1n) is 12.9. The van der Waals surface area contributed by atoms with E-state index < -0.39 is 10.0 Å². The summed E-state index contributed by atoms with van der Waals surface area (Å²) in [5, 5.41) is 0. The van der Waals surface area contributed by atoms with Gasteiger partial charge in [0.1, 0.15) is 0 Å². The van der Waals surface area contributed by atoms with Crippen LogP contribution < -0.4 is 4.72 Å². The SMILES string of the molecule is CCC(C)/C=C1\C(=C/C(C)=O)CC(CC)/C=C(/c2ccc(C)cc2)c2ccc(NS(=O)(=O)CC)cc21. The number of ketones is 1. The maximum absolute atomic E-state index is 12.4. The molecule has 0 bridgehead atoms. The summed E-state index contributed by atoms with van der Waals surface area (Å²) >= 11 is 0. The monoisotopic (exact) mass is 505 g/mol. The van der Waals surface area contributed by atoms with E-state index in [0.29, 0.717) is 11.6 Å². The van der Waals surface area contributed by atoms with E-state index in [4.69, 9.17) is 0 Å². The third kappa shape index (κ3) is 6.85. The molecule has 0 amide bonds. The van der Waals surface area contributed by atoms with Gasteiger partial charge in [0, 0.05) is 5.69 Å². The number of carbonyl (C=O) groups excluding carboxylic acids is 1. The molecule has 2 aromatic carbocycles. The van der Waals surface area contributed by atoms with Crippen molar-refractivity contribution in [1.29, 1.82) is 0 Å². The lowest BCUT2D eigenvalue weighted by atomic mass is 9.78. The van der Waals surface area contributed by atoms with Gasteiger partial charge in [0.2, 0.25) is 10.0 Å². The molecule has 0 aromatic heterocycles. The molecular weight excluding hydrogens is 466 g/mol. The Bertz CT molecular complexity index is 1300. The minimum absolute atomic E-state index is 0.00182. The Labute approximate surface area is 217 Å². The number of sulfonamides is 1. The zero-order chi connectivity index (χ0) is 26.5. The Balaban J connectivity index is 2.39. The lowest BCUT2D eigenvalue weighted by molar-refractivity contribution is -0.112. The number of nitrogens with one attached hydrogen (secondary N) is 1. The largest absolute Gasteiger partial charge is 0.295 e. The van der Waals surface area contributed by atoms with Crippen molar-refractivity contribution in [3.05, 3.63) is 88.5 Å². The lowest BCUT2D eigenvalue weighted by Crippen LogP contribution is -2.15. The van der Waals surface area contributed by atoms with Crippen molar-refractivity contribution < 1.29 is 13.2 Å². The number of allylic oxidation sites excluding steroid dienone is 5. The summed E-state index contributed by atoms with van der Waals surface area (Å²) in [5.41, 5.74) is 8.01. The van der Waals surface area contributed by atoms with Crippen LogP contribution in [0.5, 0.6) is 0 Å². The van der Waals surface area contributed by atoms with Crippen LogP contribution in [0.1, 0.15) is 76.1 Å². The summed E-state index contributed by atoms with van der Waals surface area (Å²) in [4.78, 5) is 12.3. The molecule has 2 atom stereocenters. The predicted octanol–water partition coefficient (Wildman–Crippen LogP) is 7.56. The van der Waals surface area contributed by atoms with Gasteiger partial charge in [-0.2, -0.15) is 0 Å². The fraction of sp³-hybridized carbons (Fsp3) is 0.387. The molecule has 0 heterocycles. The number of aryl methyl sites for hydroxylation is 1. The van der Waals surface area contributed by atoms with Crippen molar-refractivity contribution in [3.8, 4) is 0 Å². The van der Waals surface area contributed by atoms with E-state index >= 15 is 0 Å². The van der Waals surface area contributed by atoms with E-state index in [-0.39, 0.29) is 17.5 Å². The Morgan fingerprint density at radius 2 is 1.78 bits per heavy atom. The van der Waals surface area contributed by atoms with E-state index in [2.05, 4.69) is 68.8 Å². The fourth-order valence-electron chi connectivity index (χ4n) is 4.50. The van der Waals surface area contributed by atoms with Crippen molar-refractivity contribution in [2.45, 2.75) is 60.8 Å². The molecule has 192 valence electrons. The van der Waals surface area contributed by atoms with Crippen molar-refractivity contribution >= 4 is 32.6 Å². The molecule has 1 aliphatic rings. The Morgan fingerprint density at radius 1 is 1.08 bits per heavy atom. The summed E-state index contributed by atoms with van der Waals surface area (Å²) in [5.74, 6) is 0.578. The number of carbonyl (C=O) groups is 1. The van der Waals surface area contributed by atoms with Crippen LogP contribution in [0.4, 0.5) is 5.69 Å². The number of benzene rings is 2. The average molecular weight is 506 g/mol. The summed E-state index contributed by atoms with van der Waals surface area (Å²) in [6.45, 7) is 11.8. The first-order valence-corrected chi connectivity index (χ1v) is 14.6. The van der Waals surface area contributed by atoms with Gasteiger partial charge in [-0.05, 0) is 97.1 Å². The second kappa shape index (κ2) is 11.9. The van der Waals surface area contributed by atoms with Gasteiger partial charge >= 0.3 is 0 Å². The molecule has 0 spiro atoms. The van der Waals surface area contributed by atoms with Crippen molar-refractivity contribution in [2.75, 3.05) is 10.5 Å². The Hall–Kier alpha value is -2.92. The third-order valence-corrected chi connectivity index (χ3v) is 8.15. The van der Waals surface area contributed by atoms with Gasteiger partial charge in [-0.3, -0.25) is 9.52 Å². The molecule has 5 heteroatoms. The summed E-state index contributed by atoms with van der Waals surface area (Å²) in [6, 6.07) is 14.3. The van der Waals surface area contributed by atoms with Crippen LogP contribution in [0.15, 0.2) is 66.3 Å². The van der Waals surface area contributed by atoms with Gasteiger partial charge in [-0.1, -0.05) is 75.2 Å². The molecule has 3 rings (SSSR count). The van der Waals surface area contributed by atoms with Gasteiger partial charge in [-0.25, -0.2) is 8.42 Å². The van der Waals surface area contributed by atoms with Crippen LogP contribution in [-0.2, 0) is 14.8 Å². The summed E-state index contributed by atoms with van der Waals surface area (Å²) < 4.78 is 27.5. The van der Waals surface area contributed by atoms with Crippen LogP contribution in [-0.4, -0.2) is 20.0 Å². The van der Waals surface area contributed by atoms with Crippen LogP contribution in [0.25, 0.3) is 11.1 Å². The van der Waals surface area contributed by atoms with E-state index in [9.17, 15) is 13.2 Å². The highest BCUT2D eigenvalue weighted by atomic mass is 32.2. The Morgan fingerprint density at radius 3 is 2.36 bits per heavy atom. The van der Waals surface area contributed by atoms with Gasteiger partial charge < -0.3 is 0 Å². The van der Waals surface area contributed by atoms with Gasteiger partial charge in [0.25, 0.3) is 0 Å². The maximum Gasteiger partial charge on any atom is 0.232 e. The maximum atomic E-state index is 12.4. The third-order valence-electron chi connectivity index (χ3n) is 6.84. The summed E-state index contributed by atoms with van der Waals surface area (Å²) in [6.07, 6.45) is 8.99. The molecule has 1 N–H and O–H groups in total. The number of rotatable bonds is 8. The lowest BCUT2D eigenvalue weighted by Gasteiger charge is -2.27. The number of hydrogen-bond donors (Lipinski definition) is 1. The second-order valence-corrected chi connectivity index (χ2v) is 11.8.